The lowest BCUT2D eigenvalue weighted by Gasteiger charge is -2.12. The number of fused-ring (bicyclic) bond motifs is 1. The van der Waals surface area contributed by atoms with Crippen LogP contribution in [0.1, 0.15) is 33.9 Å². The summed E-state index contributed by atoms with van der Waals surface area (Å²) in [5, 5.41) is 5.78. The highest BCUT2D eigenvalue weighted by Crippen LogP contribution is 2.21. The van der Waals surface area contributed by atoms with Crippen LogP contribution >= 0.6 is 0 Å². The number of rotatable bonds is 5. The van der Waals surface area contributed by atoms with Crippen LogP contribution in [0.25, 0.3) is 5.52 Å². The lowest BCUT2D eigenvalue weighted by molar-refractivity contribution is 0.0940. The summed E-state index contributed by atoms with van der Waals surface area (Å²) in [7, 11) is 3.91. The van der Waals surface area contributed by atoms with Crippen molar-refractivity contribution in [2.45, 2.75) is 18.9 Å². The van der Waals surface area contributed by atoms with Crippen molar-refractivity contribution in [1.82, 2.24) is 14.7 Å². The summed E-state index contributed by atoms with van der Waals surface area (Å²) in [6, 6.07) is 13.2. The summed E-state index contributed by atoms with van der Waals surface area (Å²) in [5.74, 6) is -0.375. The number of carbonyl (C=O) groups excluding carboxylic acids is 2. The van der Waals surface area contributed by atoms with Gasteiger partial charge in [0.1, 0.15) is 0 Å². The van der Waals surface area contributed by atoms with E-state index in [-0.39, 0.29) is 29.4 Å². The van der Waals surface area contributed by atoms with Gasteiger partial charge in [-0.3, -0.25) is 14.0 Å². The Balaban J connectivity index is 1.62. The van der Waals surface area contributed by atoms with Crippen LogP contribution in [0, 0.1) is 0 Å². The molecule has 1 aliphatic rings. The third-order valence-corrected chi connectivity index (χ3v) is 4.52. The maximum Gasteiger partial charge on any atom is 0.287 e. The topological polar surface area (TPSA) is 78.7 Å². The van der Waals surface area contributed by atoms with Crippen LogP contribution in [0.3, 0.4) is 0 Å². The highest BCUT2D eigenvalue weighted by molar-refractivity contribution is 6.09. The SMILES string of the molecule is CN(C)c1ccc(NC(=O)c2nc(C(=O)NC3CC3)n3ccccc23)cc1. The molecule has 7 heteroatoms. The lowest BCUT2D eigenvalue weighted by atomic mass is 10.2. The van der Waals surface area contributed by atoms with Crippen molar-refractivity contribution in [3.8, 4) is 0 Å². The van der Waals surface area contributed by atoms with Gasteiger partial charge in [0.05, 0.1) is 5.52 Å². The van der Waals surface area contributed by atoms with Gasteiger partial charge in [0.25, 0.3) is 11.8 Å². The van der Waals surface area contributed by atoms with Crippen molar-refractivity contribution >= 4 is 28.7 Å². The molecule has 1 aromatic carbocycles. The number of pyridine rings is 1. The average molecular weight is 363 g/mol. The number of aromatic nitrogens is 2. The third kappa shape index (κ3) is 3.48. The monoisotopic (exact) mass is 363 g/mol. The van der Waals surface area contributed by atoms with Gasteiger partial charge in [0.2, 0.25) is 5.82 Å². The zero-order valence-corrected chi connectivity index (χ0v) is 15.3. The first kappa shape index (κ1) is 17.1. The second kappa shape index (κ2) is 6.75. The molecule has 1 fully saturated rings. The fraction of sp³-hybridized carbons (Fsp3) is 0.250. The van der Waals surface area contributed by atoms with Crippen molar-refractivity contribution in [1.29, 1.82) is 0 Å². The van der Waals surface area contributed by atoms with Crippen molar-refractivity contribution in [2.75, 3.05) is 24.3 Å². The van der Waals surface area contributed by atoms with E-state index in [1.54, 1.807) is 16.7 Å². The number of amides is 2. The predicted molar refractivity (Wildman–Crippen MR) is 104 cm³/mol. The number of anilines is 2. The quantitative estimate of drug-likeness (QED) is 0.730. The normalized spacial score (nSPS) is 13.4. The molecular weight excluding hydrogens is 342 g/mol. The third-order valence-electron chi connectivity index (χ3n) is 4.52. The van der Waals surface area contributed by atoms with Crippen LogP contribution < -0.4 is 15.5 Å². The Hall–Kier alpha value is -3.35. The Kier molecular flexibility index (Phi) is 4.27. The van der Waals surface area contributed by atoms with E-state index in [2.05, 4.69) is 15.6 Å². The van der Waals surface area contributed by atoms with Crippen LogP contribution in [-0.4, -0.2) is 41.3 Å². The molecular formula is C20H21N5O2. The molecule has 2 N–H and O–H groups in total. The minimum Gasteiger partial charge on any atom is -0.378 e. The first-order valence-corrected chi connectivity index (χ1v) is 8.89. The Morgan fingerprint density at radius 3 is 2.48 bits per heavy atom. The molecule has 0 atom stereocenters. The Bertz CT molecular complexity index is 1000. The van der Waals surface area contributed by atoms with Crippen LogP contribution in [0.2, 0.25) is 0 Å². The second-order valence-electron chi connectivity index (χ2n) is 6.88. The maximum atomic E-state index is 12.8. The number of benzene rings is 1. The molecule has 2 amide bonds. The molecule has 0 bridgehead atoms. The molecule has 4 rings (SSSR count). The van der Waals surface area contributed by atoms with Gasteiger partial charge in [-0.2, -0.15) is 0 Å². The molecule has 1 aliphatic carbocycles. The fourth-order valence-corrected chi connectivity index (χ4v) is 2.88. The van der Waals surface area contributed by atoms with E-state index in [0.29, 0.717) is 11.2 Å². The first-order valence-electron chi connectivity index (χ1n) is 8.89. The Morgan fingerprint density at radius 2 is 1.81 bits per heavy atom. The van der Waals surface area contributed by atoms with Gasteiger partial charge in [-0.15, -0.1) is 0 Å². The highest BCUT2D eigenvalue weighted by atomic mass is 16.2. The van der Waals surface area contributed by atoms with Crippen molar-refractivity contribution in [2.24, 2.45) is 0 Å². The van der Waals surface area contributed by atoms with Crippen molar-refractivity contribution in [3.63, 3.8) is 0 Å². The van der Waals surface area contributed by atoms with Crippen LogP contribution in [-0.2, 0) is 0 Å². The number of hydrogen-bond acceptors (Lipinski definition) is 4. The molecule has 2 aromatic heterocycles. The molecule has 0 saturated heterocycles. The van der Waals surface area contributed by atoms with E-state index in [1.807, 2.05) is 55.4 Å². The lowest BCUT2D eigenvalue weighted by Crippen LogP contribution is -2.27. The summed E-state index contributed by atoms with van der Waals surface area (Å²) in [5.41, 5.74) is 2.54. The fourth-order valence-electron chi connectivity index (χ4n) is 2.88. The van der Waals surface area contributed by atoms with Crippen LogP contribution in [0.15, 0.2) is 48.7 Å². The van der Waals surface area contributed by atoms with Crippen LogP contribution in [0.5, 0.6) is 0 Å². The van der Waals surface area contributed by atoms with E-state index in [9.17, 15) is 9.59 Å². The molecule has 0 unspecified atom stereocenters. The summed E-state index contributed by atoms with van der Waals surface area (Å²) >= 11 is 0. The van der Waals surface area contributed by atoms with Gasteiger partial charge >= 0.3 is 0 Å². The average Bonchev–Trinajstić information content (AvgIpc) is 3.38. The number of nitrogens with zero attached hydrogens (tertiary/aromatic N) is 3. The molecule has 3 aromatic rings. The van der Waals surface area contributed by atoms with Gasteiger partial charge in [0, 0.05) is 37.7 Å². The van der Waals surface area contributed by atoms with Gasteiger partial charge in [-0.25, -0.2) is 4.98 Å². The predicted octanol–water partition coefficient (Wildman–Crippen LogP) is 2.54. The van der Waals surface area contributed by atoms with Crippen LogP contribution in [0.4, 0.5) is 11.4 Å². The molecule has 0 aliphatic heterocycles. The first-order chi connectivity index (χ1) is 13.0. The van der Waals surface area contributed by atoms with E-state index < -0.39 is 0 Å². The molecule has 2 heterocycles. The van der Waals surface area contributed by atoms with Crippen molar-refractivity contribution in [3.05, 3.63) is 60.2 Å². The number of nitrogens with one attached hydrogen (secondary N) is 2. The molecule has 7 nitrogen and oxygen atoms in total. The zero-order valence-electron chi connectivity index (χ0n) is 15.3. The largest absolute Gasteiger partial charge is 0.378 e. The summed E-state index contributed by atoms with van der Waals surface area (Å²) in [6.07, 6.45) is 3.73. The van der Waals surface area contributed by atoms with E-state index >= 15 is 0 Å². The summed E-state index contributed by atoms with van der Waals surface area (Å²) in [4.78, 5) is 31.6. The smallest absolute Gasteiger partial charge is 0.287 e. The van der Waals surface area contributed by atoms with Gasteiger partial charge in [-0.1, -0.05) is 6.07 Å². The molecule has 1 saturated carbocycles. The van der Waals surface area contributed by atoms with Gasteiger partial charge < -0.3 is 15.5 Å². The van der Waals surface area contributed by atoms with E-state index in [1.165, 1.54) is 0 Å². The maximum absolute atomic E-state index is 12.8. The molecule has 27 heavy (non-hydrogen) atoms. The number of imidazole rings is 1. The van der Waals surface area contributed by atoms with E-state index in [0.717, 1.165) is 18.5 Å². The Morgan fingerprint density at radius 1 is 1.07 bits per heavy atom. The summed E-state index contributed by atoms with van der Waals surface area (Å²) in [6.45, 7) is 0. The zero-order chi connectivity index (χ0) is 19.0. The Labute approximate surface area is 157 Å². The minimum absolute atomic E-state index is 0.223. The molecule has 0 radical (unpaired) electrons. The van der Waals surface area contributed by atoms with Gasteiger partial charge in [0.15, 0.2) is 5.69 Å². The highest BCUT2D eigenvalue weighted by Gasteiger charge is 2.27. The summed E-state index contributed by atoms with van der Waals surface area (Å²) < 4.78 is 1.65. The molecule has 0 spiro atoms. The standard InChI is InChI=1S/C20H21N5O2/c1-24(2)15-10-8-14(9-11-15)21-19(26)17-16-5-3-4-12-25(16)18(23-17)20(27)22-13-6-7-13/h3-5,8-13H,6-7H2,1-2H3,(H,21,26)(H,22,27). The van der Waals surface area contributed by atoms with Gasteiger partial charge in [-0.05, 0) is 49.2 Å². The number of carbonyl (C=O) groups is 2. The van der Waals surface area contributed by atoms with E-state index in [4.69, 9.17) is 0 Å². The second-order valence-corrected chi connectivity index (χ2v) is 6.88. The number of hydrogen-bond donors (Lipinski definition) is 2. The minimum atomic E-state index is -0.346. The molecule has 138 valence electrons. The van der Waals surface area contributed by atoms with Crippen molar-refractivity contribution < 1.29 is 9.59 Å².